The summed E-state index contributed by atoms with van der Waals surface area (Å²) >= 11 is 0. The topological polar surface area (TPSA) is 9.23 Å². The lowest BCUT2D eigenvalue weighted by atomic mass is 9.91. The van der Waals surface area contributed by atoms with Gasteiger partial charge in [-0.25, -0.2) is 8.78 Å². The zero-order valence-electron chi connectivity index (χ0n) is 7.74. The Balaban J connectivity index is 4.53. The highest BCUT2D eigenvalue weighted by molar-refractivity contribution is 4.88. The minimum atomic E-state index is -2.78. The number of ether oxygens (including phenoxy) is 1. The van der Waals surface area contributed by atoms with E-state index in [0.29, 0.717) is 0 Å². The number of halogens is 2. The second kappa shape index (κ2) is 3.05. The molecule has 0 N–H and O–H groups in total. The fourth-order valence-electron chi connectivity index (χ4n) is 0.831. The molecule has 0 radical (unpaired) electrons. The van der Waals surface area contributed by atoms with Gasteiger partial charge in [-0.15, -0.1) is 0 Å². The van der Waals surface area contributed by atoms with E-state index >= 15 is 0 Å². The minimum Gasteiger partial charge on any atom is -0.373 e. The van der Waals surface area contributed by atoms with Crippen LogP contribution in [0.1, 0.15) is 27.7 Å². The van der Waals surface area contributed by atoms with Crippen LogP contribution in [0.15, 0.2) is 0 Å². The van der Waals surface area contributed by atoms with E-state index < -0.39 is 17.4 Å². The maximum absolute atomic E-state index is 13.2. The van der Waals surface area contributed by atoms with Crippen molar-refractivity contribution in [2.45, 2.75) is 39.2 Å². The third kappa shape index (κ3) is 1.89. The predicted molar refractivity (Wildman–Crippen MR) is 40.9 cm³/mol. The fourth-order valence-corrected chi connectivity index (χ4v) is 0.831. The van der Waals surface area contributed by atoms with Gasteiger partial charge < -0.3 is 4.74 Å². The first-order valence-electron chi connectivity index (χ1n) is 3.68. The lowest BCUT2D eigenvalue weighted by Crippen LogP contribution is -2.48. The SMILES string of the molecule is COC(C)(C)C(F)(F)C(C)C. The van der Waals surface area contributed by atoms with Gasteiger partial charge in [0, 0.05) is 13.0 Å². The van der Waals surface area contributed by atoms with Crippen molar-refractivity contribution < 1.29 is 13.5 Å². The second-order valence-corrected chi connectivity index (χ2v) is 3.49. The molecule has 0 amide bonds. The van der Waals surface area contributed by atoms with E-state index in [1.165, 1.54) is 34.8 Å². The van der Waals surface area contributed by atoms with Crippen LogP contribution in [0, 0.1) is 5.92 Å². The summed E-state index contributed by atoms with van der Waals surface area (Å²) in [6, 6.07) is 0. The van der Waals surface area contributed by atoms with Crippen LogP contribution < -0.4 is 0 Å². The molecule has 0 fully saturated rings. The van der Waals surface area contributed by atoms with Crippen molar-refractivity contribution in [3.63, 3.8) is 0 Å². The van der Waals surface area contributed by atoms with E-state index in [9.17, 15) is 8.78 Å². The van der Waals surface area contributed by atoms with Gasteiger partial charge in [0.15, 0.2) is 0 Å². The maximum Gasteiger partial charge on any atom is 0.278 e. The van der Waals surface area contributed by atoms with Crippen LogP contribution in [0.4, 0.5) is 8.78 Å². The third-order valence-corrected chi connectivity index (χ3v) is 2.04. The van der Waals surface area contributed by atoms with Crippen molar-refractivity contribution in [2.24, 2.45) is 5.92 Å². The van der Waals surface area contributed by atoms with Crippen LogP contribution in [0.5, 0.6) is 0 Å². The van der Waals surface area contributed by atoms with Crippen LogP contribution in [0.3, 0.4) is 0 Å². The third-order valence-electron chi connectivity index (χ3n) is 2.04. The van der Waals surface area contributed by atoms with E-state index in [0.717, 1.165) is 0 Å². The quantitative estimate of drug-likeness (QED) is 0.626. The van der Waals surface area contributed by atoms with Gasteiger partial charge in [0.1, 0.15) is 5.60 Å². The first-order chi connectivity index (χ1) is 4.75. The molecule has 0 aliphatic heterocycles. The molecule has 0 unspecified atom stereocenters. The Hall–Kier alpha value is -0.180. The van der Waals surface area contributed by atoms with Crippen LogP contribution in [-0.4, -0.2) is 18.6 Å². The molecule has 0 spiro atoms. The van der Waals surface area contributed by atoms with Crippen molar-refractivity contribution in [3.8, 4) is 0 Å². The van der Waals surface area contributed by atoms with Gasteiger partial charge in [-0.05, 0) is 13.8 Å². The smallest absolute Gasteiger partial charge is 0.278 e. The fraction of sp³-hybridized carbons (Fsp3) is 1.00. The molecule has 0 saturated heterocycles. The highest BCUT2D eigenvalue weighted by atomic mass is 19.3. The molecule has 1 nitrogen and oxygen atoms in total. The summed E-state index contributed by atoms with van der Waals surface area (Å²) in [6.45, 7) is 5.77. The second-order valence-electron chi connectivity index (χ2n) is 3.49. The normalized spacial score (nSPS) is 14.2. The number of methoxy groups -OCH3 is 1. The molecule has 0 aliphatic rings. The Morgan fingerprint density at radius 1 is 1.18 bits per heavy atom. The average molecular weight is 166 g/mol. The zero-order chi connectivity index (χ0) is 9.28. The largest absolute Gasteiger partial charge is 0.373 e. The highest BCUT2D eigenvalue weighted by Gasteiger charge is 2.49. The van der Waals surface area contributed by atoms with Gasteiger partial charge in [0.05, 0.1) is 0 Å². The molecule has 0 bridgehead atoms. The number of hydrogen-bond acceptors (Lipinski definition) is 1. The molecule has 0 aliphatic carbocycles. The van der Waals surface area contributed by atoms with Gasteiger partial charge >= 0.3 is 0 Å². The van der Waals surface area contributed by atoms with Crippen LogP contribution in [0.25, 0.3) is 0 Å². The maximum atomic E-state index is 13.2. The van der Waals surface area contributed by atoms with Crippen LogP contribution in [-0.2, 0) is 4.74 Å². The standard InChI is InChI=1S/C8H16F2O/c1-6(2)8(9,10)7(3,4)11-5/h6H,1-5H3. The molecule has 68 valence electrons. The van der Waals surface area contributed by atoms with Crippen molar-refractivity contribution in [1.82, 2.24) is 0 Å². The summed E-state index contributed by atoms with van der Waals surface area (Å²) < 4.78 is 31.1. The van der Waals surface area contributed by atoms with Crippen molar-refractivity contribution >= 4 is 0 Å². The van der Waals surface area contributed by atoms with Crippen molar-refractivity contribution in [3.05, 3.63) is 0 Å². The average Bonchev–Trinajstić information content (AvgIpc) is 1.87. The summed E-state index contributed by atoms with van der Waals surface area (Å²) in [6.07, 6.45) is 0. The molecule has 0 rings (SSSR count). The zero-order valence-corrected chi connectivity index (χ0v) is 7.74. The predicted octanol–water partition coefficient (Wildman–Crippen LogP) is 2.70. The van der Waals surface area contributed by atoms with Gasteiger partial charge in [0.2, 0.25) is 0 Å². The summed E-state index contributed by atoms with van der Waals surface area (Å²) in [5.74, 6) is -3.47. The monoisotopic (exact) mass is 166 g/mol. The molecule has 0 atom stereocenters. The van der Waals surface area contributed by atoms with E-state index in [1.54, 1.807) is 0 Å². The molecule has 0 saturated carbocycles. The van der Waals surface area contributed by atoms with Crippen LogP contribution >= 0.6 is 0 Å². The molecular formula is C8H16F2O. The lowest BCUT2D eigenvalue weighted by Gasteiger charge is -2.35. The van der Waals surface area contributed by atoms with Crippen molar-refractivity contribution in [2.75, 3.05) is 7.11 Å². The Labute approximate surface area is 66.7 Å². The first-order valence-corrected chi connectivity index (χ1v) is 3.68. The van der Waals surface area contributed by atoms with Gasteiger partial charge in [0.25, 0.3) is 5.92 Å². The number of hydrogen-bond donors (Lipinski definition) is 0. The number of alkyl halides is 2. The summed E-state index contributed by atoms with van der Waals surface area (Å²) in [5, 5.41) is 0. The molecule has 0 aromatic heterocycles. The van der Waals surface area contributed by atoms with E-state index in [4.69, 9.17) is 4.74 Å². The van der Waals surface area contributed by atoms with Gasteiger partial charge in [-0.1, -0.05) is 13.8 Å². The van der Waals surface area contributed by atoms with Crippen molar-refractivity contribution in [1.29, 1.82) is 0 Å². The van der Waals surface area contributed by atoms with E-state index in [2.05, 4.69) is 0 Å². The minimum absolute atomic E-state index is 0.697. The Morgan fingerprint density at radius 3 is 1.64 bits per heavy atom. The molecule has 0 heterocycles. The Kier molecular flexibility index (Phi) is 3.00. The van der Waals surface area contributed by atoms with Gasteiger partial charge in [-0.3, -0.25) is 0 Å². The molecule has 0 aromatic rings. The summed E-state index contributed by atoms with van der Waals surface area (Å²) in [4.78, 5) is 0. The molecule has 3 heteroatoms. The molecule has 11 heavy (non-hydrogen) atoms. The summed E-state index contributed by atoms with van der Waals surface area (Å²) in [7, 11) is 1.30. The lowest BCUT2D eigenvalue weighted by molar-refractivity contribution is -0.201. The number of rotatable bonds is 3. The van der Waals surface area contributed by atoms with Crippen LogP contribution in [0.2, 0.25) is 0 Å². The molecule has 0 aromatic carbocycles. The van der Waals surface area contributed by atoms with E-state index in [1.807, 2.05) is 0 Å². The Bertz CT molecular complexity index is 130. The molecular weight excluding hydrogens is 150 g/mol. The Morgan fingerprint density at radius 2 is 1.55 bits per heavy atom. The van der Waals surface area contributed by atoms with E-state index in [-0.39, 0.29) is 0 Å². The van der Waals surface area contributed by atoms with Gasteiger partial charge in [-0.2, -0.15) is 0 Å². The first kappa shape index (κ1) is 10.8. The summed E-state index contributed by atoms with van der Waals surface area (Å²) in [5.41, 5.74) is -1.37. The highest BCUT2D eigenvalue weighted by Crippen LogP contribution is 2.37.